The number of halogens is 1. The monoisotopic (exact) mass is 327 g/mol. The highest BCUT2D eigenvalue weighted by molar-refractivity contribution is 9.10. The lowest BCUT2D eigenvalue weighted by molar-refractivity contribution is 0.0652. The van der Waals surface area contributed by atoms with Gasteiger partial charge in [0, 0.05) is 6.07 Å². The molecule has 19 heavy (non-hydrogen) atoms. The van der Waals surface area contributed by atoms with Crippen molar-refractivity contribution in [3.05, 3.63) is 22.4 Å². The molecule has 1 aliphatic rings. The van der Waals surface area contributed by atoms with E-state index < -0.39 is 5.97 Å². The third kappa shape index (κ3) is 1.80. The second kappa shape index (κ2) is 4.16. The molecule has 0 atom stereocenters. The maximum atomic E-state index is 10.7. The van der Waals surface area contributed by atoms with Gasteiger partial charge in [0.05, 0.1) is 5.56 Å². The largest absolute Gasteiger partial charge is 0.506 e. The van der Waals surface area contributed by atoms with Crippen LogP contribution in [0.1, 0.15) is 10.6 Å². The Morgan fingerprint density at radius 2 is 2.16 bits per heavy atom. The van der Waals surface area contributed by atoms with Gasteiger partial charge in [-0.05, 0) is 22.0 Å². The topological polar surface area (TPSA) is 102 Å². The molecular weight excluding hydrogens is 322 g/mol. The van der Waals surface area contributed by atoms with Gasteiger partial charge in [0.2, 0.25) is 12.6 Å². The van der Waals surface area contributed by atoms with E-state index in [4.69, 9.17) is 14.6 Å². The summed E-state index contributed by atoms with van der Waals surface area (Å²) in [6.45, 7) is 0.0516. The van der Waals surface area contributed by atoms with Crippen LogP contribution in [0.5, 0.6) is 17.2 Å². The van der Waals surface area contributed by atoms with Gasteiger partial charge in [0.1, 0.15) is 15.9 Å². The minimum absolute atomic E-state index is 0.0516. The van der Waals surface area contributed by atoms with Crippen molar-refractivity contribution in [1.82, 2.24) is 5.16 Å². The Hall–Kier alpha value is -2.22. The number of nitrogens with zero attached hydrogens (tertiary/aromatic N) is 1. The first-order chi connectivity index (χ1) is 9.08. The summed E-state index contributed by atoms with van der Waals surface area (Å²) < 4.78 is 15.4. The third-order valence-electron chi connectivity index (χ3n) is 2.58. The van der Waals surface area contributed by atoms with Gasteiger partial charge in [-0.2, -0.15) is 0 Å². The molecule has 7 nitrogen and oxygen atoms in total. The van der Waals surface area contributed by atoms with Crippen molar-refractivity contribution in [2.45, 2.75) is 0 Å². The smallest absolute Gasteiger partial charge is 0.374 e. The molecule has 0 unspecified atom stereocenters. The Kier molecular flexibility index (Phi) is 2.59. The van der Waals surface area contributed by atoms with Gasteiger partial charge >= 0.3 is 5.97 Å². The number of phenolic OH excluding ortho intramolecular Hbond substituents is 1. The first-order valence-electron chi connectivity index (χ1n) is 5.09. The van der Waals surface area contributed by atoms with Crippen LogP contribution >= 0.6 is 15.9 Å². The SMILES string of the molecule is O=C(O)c1cc(-c2cc3c(c(Br)c2O)OCO3)no1. The number of phenols is 1. The van der Waals surface area contributed by atoms with Crippen LogP contribution in [0, 0.1) is 0 Å². The number of carboxylic acids is 1. The molecule has 0 saturated heterocycles. The number of rotatable bonds is 2. The number of aromatic nitrogens is 1. The molecule has 0 radical (unpaired) electrons. The molecule has 0 bridgehead atoms. The van der Waals surface area contributed by atoms with E-state index in [1.54, 1.807) is 0 Å². The predicted octanol–water partition coefficient (Wildman–Crippen LogP) is 2.24. The van der Waals surface area contributed by atoms with E-state index in [9.17, 15) is 9.90 Å². The van der Waals surface area contributed by atoms with Crippen molar-refractivity contribution < 1.29 is 29.0 Å². The van der Waals surface area contributed by atoms with E-state index in [-0.39, 0.29) is 29.6 Å². The third-order valence-corrected chi connectivity index (χ3v) is 3.31. The summed E-state index contributed by atoms with van der Waals surface area (Å²) in [4.78, 5) is 10.7. The number of carbonyl (C=O) groups is 1. The standard InChI is InChI=1S/C11H6BrNO6/c12-8-9(14)4(1-6-10(8)18-3-17-6)5-2-7(11(15)16)19-13-5/h1-2,14H,3H2,(H,15,16). The molecular formula is C11H6BrNO6. The molecule has 98 valence electrons. The zero-order valence-electron chi connectivity index (χ0n) is 9.21. The molecule has 2 N–H and O–H groups in total. The van der Waals surface area contributed by atoms with Crippen LogP contribution in [0.15, 0.2) is 21.1 Å². The number of ether oxygens (including phenoxy) is 2. The van der Waals surface area contributed by atoms with Crippen LogP contribution in [-0.4, -0.2) is 28.1 Å². The van der Waals surface area contributed by atoms with Gasteiger partial charge in [0.15, 0.2) is 11.5 Å². The molecule has 2 aromatic rings. The predicted molar refractivity (Wildman–Crippen MR) is 64.4 cm³/mol. The lowest BCUT2D eigenvalue weighted by Crippen LogP contribution is -1.93. The van der Waals surface area contributed by atoms with Crippen molar-refractivity contribution in [3.63, 3.8) is 0 Å². The Morgan fingerprint density at radius 1 is 1.37 bits per heavy atom. The quantitative estimate of drug-likeness (QED) is 0.871. The van der Waals surface area contributed by atoms with Crippen molar-refractivity contribution in [1.29, 1.82) is 0 Å². The van der Waals surface area contributed by atoms with Crippen molar-refractivity contribution in [2.24, 2.45) is 0 Å². The molecule has 1 aliphatic heterocycles. The van der Waals surface area contributed by atoms with Crippen LogP contribution in [0.25, 0.3) is 11.3 Å². The molecule has 0 aliphatic carbocycles. The maximum absolute atomic E-state index is 10.7. The minimum atomic E-state index is -1.24. The minimum Gasteiger partial charge on any atom is -0.506 e. The van der Waals surface area contributed by atoms with Crippen LogP contribution in [0.3, 0.4) is 0 Å². The Balaban J connectivity index is 2.14. The van der Waals surface area contributed by atoms with E-state index in [1.807, 2.05) is 0 Å². The number of hydrogen-bond acceptors (Lipinski definition) is 6. The normalized spacial score (nSPS) is 12.7. The summed E-state index contributed by atoms with van der Waals surface area (Å²) in [5.74, 6) is -0.863. The van der Waals surface area contributed by atoms with Gasteiger partial charge in [0.25, 0.3) is 0 Å². The van der Waals surface area contributed by atoms with Gasteiger partial charge in [-0.25, -0.2) is 4.79 Å². The van der Waals surface area contributed by atoms with Crippen LogP contribution < -0.4 is 9.47 Å². The van der Waals surface area contributed by atoms with E-state index in [2.05, 4.69) is 25.6 Å². The lowest BCUT2D eigenvalue weighted by Gasteiger charge is -2.06. The summed E-state index contributed by atoms with van der Waals surface area (Å²) >= 11 is 3.19. The molecule has 0 amide bonds. The summed E-state index contributed by atoms with van der Waals surface area (Å²) in [5, 5.41) is 22.4. The molecule has 3 rings (SSSR count). The Bertz CT molecular complexity index is 680. The van der Waals surface area contributed by atoms with E-state index in [1.165, 1.54) is 12.1 Å². The Morgan fingerprint density at radius 3 is 2.84 bits per heavy atom. The van der Waals surface area contributed by atoms with E-state index >= 15 is 0 Å². The zero-order chi connectivity index (χ0) is 13.6. The molecule has 2 heterocycles. The van der Waals surface area contributed by atoms with Crippen molar-refractivity contribution in [3.8, 4) is 28.5 Å². The molecule has 0 spiro atoms. The number of hydrogen-bond donors (Lipinski definition) is 2. The van der Waals surface area contributed by atoms with Crippen molar-refractivity contribution >= 4 is 21.9 Å². The van der Waals surface area contributed by atoms with Gasteiger partial charge in [-0.3, -0.25) is 0 Å². The highest BCUT2D eigenvalue weighted by Gasteiger charge is 2.25. The lowest BCUT2D eigenvalue weighted by atomic mass is 10.1. The average Bonchev–Trinajstić information content (AvgIpc) is 3.01. The molecule has 0 fully saturated rings. The number of fused-ring (bicyclic) bond motifs is 1. The molecule has 1 aromatic heterocycles. The fourth-order valence-electron chi connectivity index (χ4n) is 1.69. The highest BCUT2D eigenvalue weighted by atomic mass is 79.9. The Labute approximate surface area is 114 Å². The zero-order valence-corrected chi connectivity index (χ0v) is 10.8. The first kappa shape index (κ1) is 11.8. The van der Waals surface area contributed by atoms with E-state index in [0.717, 1.165) is 0 Å². The second-order valence-corrected chi connectivity index (χ2v) is 4.50. The van der Waals surface area contributed by atoms with Gasteiger partial charge in [-0.1, -0.05) is 5.16 Å². The number of aromatic hydroxyl groups is 1. The van der Waals surface area contributed by atoms with Gasteiger partial charge < -0.3 is 24.2 Å². The number of aromatic carboxylic acids is 1. The summed E-state index contributed by atoms with van der Waals surface area (Å²) in [6, 6.07) is 2.72. The number of benzene rings is 1. The van der Waals surface area contributed by atoms with E-state index in [0.29, 0.717) is 16.0 Å². The molecule has 8 heteroatoms. The second-order valence-electron chi connectivity index (χ2n) is 3.70. The first-order valence-corrected chi connectivity index (χ1v) is 5.88. The fourth-order valence-corrected chi connectivity index (χ4v) is 2.21. The van der Waals surface area contributed by atoms with Crippen molar-refractivity contribution in [2.75, 3.05) is 6.79 Å². The van der Waals surface area contributed by atoms with Crippen LogP contribution in [0.2, 0.25) is 0 Å². The van der Waals surface area contributed by atoms with Gasteiger partial charge in [-0.15, -0.1) is 0 Å². The molecule has 1 aromatic carbocycles. The summed E-state index contributed by atoms with van der Waals surface area (Å²) in [6.07, 6.45) is 0. The fraction of sp³-hybridized carbons (Fsp3) is 0.0909. The molecule has 0 saturated carbocycles. The van der Waals surface area contributed by atoms with Crippen LogP contribution in [-0.2, 0) is 0 Å². The highest BCUT2D eigenvalue weighted by Crippen LogP contribution is 2.49. The number of carboxylic acid groups (broad SMARTS) is 1. The summed E-state index contributed by atoms with van der Waals surface area (Å²) in [7, 11) is 0. The maximum Gasteiger partial charge on any atom is 0.374 e. The average molecular weight is 328 g/mol. The summed E-state index contributed by atoms with van der Waals surface area (Å²) in [5.41, 5.74) is 0.473. The van der Waals surface area contributed by atoms with Crippen LogP contribution in [0.4, 0.5) is 0 Å².